The van der Waals surface area contributed by atoms with Crippen molar-refractivity contribution < 1.29 is 14.9 Å². The molecule has 6 saturated heterocycles. The maximum Gasteiger partial charge on any atom is 0.0642 e. The van der Waals surface area contributed by atoms with E-state index in [1.165, 1.54) is 51.2 Å². The lowest BCUT2D eigenvalue weighted by molar-refractivity contribution is 0.109. The van der Waals surface area contributed by atoms with Crippen LogP contribution in [-0.4, -0.2) is 206 Å². The molecule has 0 amide bonds. The van der Waals surface area contributed by atoms with E-state index in [0.29, 0.717) is 53.4 Å². The highest BCUT2D eigenvalue weighted by Crippen LogP contribution is 2.29. The highest BCUT2D eigenvalue weighted by atomic mass is 16.5. The van der Waals surface area contributed by atoms with Gasteiger partial charge in [0.05, 0.1) is 96.7 Å². The lowest BCUT2D eigenvalue weighted by Gasteiger charge is -2.38. The Morgan fingerprint density at radius 1 is 0.320 bits per heavy atom. The number of morpholine rings is 1. The zero-order valence-electron chi connectivity index (χ0n) is 64.8. The summed E-state index contributed by atoms with van der Waals surface area (Å²) in [6.07, 6.45) is 15.9. The summed E-state index contributed by atoms with van der Waals surface area (Å²) in [7, 11) is 2.18. The Labute approximate surface area is 604 Å². The Bertz CT molecular complexity index is 2880. The Morgan fingerprint density at radius 3 is 0.790 bits per heavy atom. The van der Waals surface area contributed by atoms with Crippen LogP contribution in [0.2, 0.25) is 0 Å². The molecule has 0 radical (unpaired) electrons. The van der Waals surface area contributed by atoms with Crippen LogP contribution in [0.5, 0.6) is 0 Å². The van der Waals surface area contributed by atoms with Crippen LogP contribution in [0.25, 0.3) is 0 Å². The van der Waals surface area contributed by atoms with Crippen molar-refractivity contribution in [1.82, 2.24) is 45.0 Å². The summed E-state index contributed by atoms with van der Waals surface area (Å²) in [5.41, 5.74) is 14.4. The first kappa shape index (κ1) is 80.8. The smallest absolute Gasteiger partial charge is 0.0642 e. The van der Waals surface area contributed by atoms with Crippen molar-refractivity contribution in [3.63, 3.8) is 0 Å². The summed E-state index contributed by atoms with van der Waals surface area (Å²) < 4.78 is 5.32. The number of aliphatic hydroxyl groups excluding tert-OH is 2. The molecule has 0 unspecified atom stereocenters. The molecule has 6 aliphatic heterocycles. The predicted octanol–water partition coefficient (Wildman–Crippen LogP) is 14.0. The Kier molecular flexibility index (Phi) is 33.5. The topological polar surface area (TPSA) is 165 Å². The van der Waals surface area contributed by atoms with Gasteiger partial charge in [-0.25, -0.2) is 0 Å². The van der Waals surface area contributed by atoms with Gasteiger partial charge in [-0.2, -0.15) is 0 Å². The summed E-state index contributed by atoms with van der Waals surface area (Å²) >= 11 is 0. The lowest BCUT2D eigenvalue weighted by Crippen LogP contribution is -2.48. The quantitative estimate of drug-likeness (QED) is 0.0888. The predicted molar refractivity (Wildman–Crippen MR) is 420 cm³/mol. The third-order valence-corrected chi connectivity index (χ3v) is 20.5. The zero-order valence-corrected chi connectivity index (χ0v) is 64.8. The van der Waals surface area contributed by atoms with Gasteiger partial charge in [0.1, 0.15) is 0 Å². The van der Waals surface area contributed by atoms with E-state index >= 15 is 0 Å². The Hall–Kier alpha value is -6.54. The number of aromatic nitrogens is 6. The second-order valence-electron chi connectivity index (χ2n) is 30.4. The van der Waals surface area contributed by atoms with Crippen molar-refractivity contribution in [3.05, 3.63) is 144 Å². The van der Waals surface area contributed by atoms with Crippen molar-refractivity contribution in [2.75, 3.05) is 167 Å². The van der Waals surface area contributed by atoms with Gasteiger partial charge in [0.25, 0.3) is 0 Å². The van der Waals surface area contributed by atoms with Gasteiger partial charge in [0, 0.05) is 158 Å². The van der Waals surface area contributed by atoms with Crippen LogP contribution < -0.4 is 34.7 Å². The van der Waals surface area contributed by atoms with Crippen molar-refractivity contribution in [2.45, 2.75) is 190 Å². The maximum atomic E-state index is 9.60. The van der Waals surface area contributed by atoms with E-state index < -0.39 is 0 Å². The minimum Gasteiger partial charge on any atom is -0.393 e. The largest absolute Gasteiger partial charge is 0.393 e. The molecular weight excluding hydrogens is 1240 g/mol. The number of nitrogens with one attached hydrogen (secondary N) is 1. The summed E-state index contributed by atoms with van der Waals surface area (Å²) in [6, 6.07) is 26.6. The first-order chi connectivity index (χ1) is 47.9. The highest BCUT2D eigenvalue weighted by molar-refractivity contribution is 5.49. The number of ether oxygens (including phenoxy) is 1. The number of nitrogens with zero attached hydrogens (tertiary/aromatic N) is 14. The van der Waals surface area contributed by atoms with Crippen LogP contribution in [0, 0.1) is 11.8 Å². The van der Waals surface area contributed by atoms with Crippen LogP contribution >= 0.6 is 0 Å². The van der Waals surface area contributed by atoms with Crippen LogP contribution in [0.15, 0.2) is 110 Å². The second-order valence-corrected chi connectivity index (χ2v) is 30.4. The van der Waals surface area contributed by atoms with Crippen molar-refractivity contribution in [3.8, 4) is 0 Å². The molecule has 12 heterocycles. The van der Waals surface area contributed by atoms with Crippen LogP contribution in [0.1, 0.15) is 206 Å². The molecule has 0 spiro atoms. The fraction of sp³-hybridized carbons (Fsp3) is 0.634. The van der Waals surface area contributed by atoms with Gasteiger partial charge in [-0.15, -0.1) is 0 Å². The first-order valence-corrected chi connectivity index (χ1v) is 38.3. The minimum atomic E-state index is -0.173. The van der Waals surface area contributed by atoms with Gasteiger partial charge in [0.2, 0.25) is 0 Å². The number of likely N-dealkylation sites (N-methyl/N-ethyl adjacent to an activating group) is 1. The average Bonchev–Trinajstić information content (AvgIpc) is 0.888. The summed E-state index contributed by atoms with van der Waals surface area (Å²) in [5.74, 6) is 3.94. The SMILES string of the molecule is CC(C)c1ccc(N2CCC([C@@H](C)O)CC2)cn1.CC(C)c1ccc(N2CCC([C@H](C)O)CC2)cn1.CC(C)c1ccc(N2CCN(C(C)C)CC2)cn1.CC(C)c1ccc(N2CCN(C)CC2)cn1.CC(C)c1ccc(N2CCNCC2)cn1.CC(C)c1ccc(N2CCOCC2)cn1. The second kappa shape index (κ2) is 41.5. The van der Waals surface area contributed by atoms with Crippen LogP contribution in [0.3, 0.4) is 0 Å². The van der Waals surface area contributed by atoms with Crippen molar-refractivity contribution in [1.29, 1.82) is 0 Å². The molecule has 6 aromatic rings. The van der Waals surface area contributed by atoms with Gasteiger partial charge >= 0.3 is 0 Å². The average molecular weight is 1380 g/mol. The molecule has 0 saturated carbocycles. The zero-order chi connectivity index (χ0) is 72.3. The standard InChI is InChI=1S/C15H25N3.2C15H24N2O.C13H21N3.C12H19N3.C12H18N2O/c1-12(2)15-6-5-14(11-16-15)18-9-7-17(8-10-18)13(3)4;2*1-11(2)15-5-4-14(10-16-15)17-8-6-13(7-9-17)12(3)18;1-11(2)13-5-4-12(10-14-13)16-8-6-15(3)7-9-16;1-10(2)12-4-3-11(9-14-12)15-7-5-13-6-8-15;1-10(2)12-4-3-11(9-13-12)14-5-7-15-8-6-14/h5-6,11-13H,7-10H2,1-4H3;2*4-5,10-13,18H,6-9H2,1-3H3;4-5,10-11H,6-9H2,1-3H3;3-4,9-10,13H,5-8H2,1-2H3;3-4,9-10H,5-8H2,1-2H3/t;2*12-;;;/m.10.../s1. The third-order valence-electron chi connectivity index (χ3n) is 20.5. The molecule has 6 fully saturated rings. The molecule has 100 heavy (non-hydrogen) atoms. The van der Waals surface area contributed by atoms with E-state index in [9.17, 15) is 10.2 Å². The molecule has 0 bridgehead atoms. The fourth-order valence-corrected chi connectivity index (χ4v) is 13.1. The van der Waals surface area contributed by atoms with Gasteiger partial charge in [-0.05, 0) is 181 Å². The number of aliphatic hydroxyl groups is 2. The molecular formula is C82H131N15O3. The van der Waals surface area contributed by atoms with Gasteiger partial charge < -0.3 is 54.6 Å². The van der Waals surface area contributed by atoms with E-state index in [4.69, 9.17) is 4.74 Å². The Morgan fingerprint density at radius 2 is 0.560 bits per heavy atom. The first-order valence-electron chi connectivity index (χ1n) is 38.3. The van der Waals surface area contributed by atoms with Crippen molar-refractivity contribution >= 4 is 34.1 Å². The molecule has 6 aliphatic rings. The number of hydrogen-bond acceptors (Lipinski definition) is 18. The molecule has 12 rings (SSSR count). The summed E-state index contributed by atoms with van der Waals surface area (Å²) in [4.78, 5) is 46.3. The molecule has 6 aromatic heterocycles. The summed E-state index contributed by atoms with van der Waals surface area (Å²) in [5, 5.41) is 22.6. The number of hydrogen-bond donors (Lipinski definition) is 3. The van der Waals surface area contributed by atoms with Crippen LogP contribution in [-0.2, 0) is 4.74 Å². The molecule has 0 aromatic carbocycles. The van der Waals surface area contributed by atoms with Crippen LogP contribution in [0.4, 0.5) is 34.1 Å². The number of piperazine rings is 3. The molecule has 2 atom stereocenters. The van der Waals surface area contributed by atoms with E-state index in [2.05, 4.69) is 251 Å². The van der Waals surface area contributed by atoms with E-state index in [-0.39, 0.29) is 12.2 Å². The molecule has 552 valence electrons. The maximum absolute atomic E-state index is 9.60. The van der Waals surface area contributed by atoms with Crippen molar-refractivity contribution in [2.24, 2.45) is 11.8 Å². The van der Waals surface area contributed by atoms with E-state index in [0.717, 1.165) is 174 Å². The minimum absolute atomic E-state index is 0.173. The normalized spacial score (nSPS) is 18.2. The summed E-state index contributed by atoms with van der Waals surface area (Å²) in [6.45, 7) is 55.5. The molecule has 0 aliphatic carbocycles. The fourth-order valence-electron chi connectivity index (χ4n) is 13.1. The van der Waals surface area contributed by atoms with E-state index in [1.54, 1.807) is 0 Å². The molecule has 18 heteroatoms. The molecule has 18 nitrogen and oxygen atoms in total. The number of rotatable bonds is 15. The molecule has 3 N–H and O–H groups in total. The Balaban J connectivity index is 0.000000169. The number of anilines is 6. The van der Waals surface area contributed by atoms with Gasteiger partial charge in [-0.3, -0.25) is 34.8 Å². The third kappa shape index (κ3) is 26.1. The number of piperidine rings is 2. The highest BCUT2D eigenvalue weighted by Gasteiger charge is 2.26. The van der Waals surface area contributed by atoms with E-state index in [1.807, 2.05) is 51.0 Å². The number of pyridine rings is 6. The lowest BCUT2D eigenvalue weighted by atomic mass is 9.92. The van der Waals surface area contributed by atoms with Gasteiger partial charge in [-0.1, -0.05) is 83.1 Å². The van der Waals surface area contributed by atoms with Gasteiger partial charge in [0.15, 0.2) is 0 Å². The monoisotopic (exact) mass is 1370 g/mol.